The van der Waals surface area contributed by atoms with Crippen molar-refractivity contribution in [2.24, 2.45) is 5.92 Å². The van der Waals surface area contributed by atoms with Crippen molar-refractivity contribution in [3.05, 3.63) is 53.1 Å². The molecule has 1 fully saturated rings. The maximum atomic E-state index is 12.6. The minimum atomic E-state index is -0.122. The van der Waals surface area contributed by atoms with Crippen LogP contribution in [0.25, 0.3) is 0 Å². The molecule has 1 heterocycles. The third kappa shape index (κ3) is 4.14. The second kappa shape index (κ2) is 8.23. The van der Waals surface area contributed by atoms with Crippen molar-refractivity contribution in [2.45, 2.75) is 38.6 Å². The number of fused-ring (bicyclic) bond motifs is 1. The topological polar surface area (TPSA) is 58.6 Å². The van der Waals surface area contributed by atoms with Crippen molar-refractivity contribution in [1.82, 2.24) is 0 Å². The lowest BCUT2D eigenvalue weighted by Crippen LogP contribution is -2.38. The Morgan fingerprint density at radius 3 is 2.75 bits per heavy atom. The summed E-state index contributed by atoms with van der Waals surface area (Å²) in [4.78, 5) is 26.8. The molecular weight excluding hydrogens is 376 g/mol. The van der Waals surface area contributed by atoms with E-state index in [4.69, 9.17) is 16.3 Å². The Hall–Kier alpha value is -2.53. The van der Waals surface area contributed by atoms with Crippen LogP contribution in [0.1, 0.15) is 37.7 Å². The van der Waals surface area contributed by atoms with E-state index in [1.807, 2.05) is 36.4 Å². The third-order valence-electron chi connectivity index (χ3n) is 5.38. The first-order valence-electron chi connectivity index (χ1n) is 9.73. The summed E-state index contributed by atoms with van der Waals surface area (Å²) >= 11 is 6.08. The summed E-state index contributed by atoms with van der Waals surface area (Å²) in [6.45, 7) is 0.400. The van der Waals surface area contributed by atoms with Crippen LogP contribution < -0.4 is 15.0 Å². The summed E-state index contributed by atoms with van der Waals surface area (Å²) in [5, 5.41) is 3.65. The Kier molecular flexibility index (Phi) is 5.53. The van der Waals surface area contributed by atoms with Crippen molar-refractivity contribution in [3.63, 3.8) is 0 Å². The second-order valence-corrected chi connectivity index (χ2v) is 7.84. The van der Waals surface area contributed by atoms with E-state index in [-0.39, 0.29) is 24.3 Å². The van der Waals surface area contributed by atoms with Gasteiger partial charge in [0.25, 0.3) is 5.91 Å². The fourth-order valence-corrected chi connectivity index (χ4v) is 4.09. The van der Waals surface area contributed by atoms with Gasteiger partial charge in [-0.25, -0.2) is 0 Å². The minimum absolute atomic E-state index is 0.00133. The number of anilines is 2. The van der Waals surface area contributed by atoms with Gasteiger partial charge in [0.05, 0.1) is 12.2 Å². The molecule has 2 aliphatic rings. The molecule has 5 nitrogen and oxygen atoms in total. The highest BCUT2D eigenvalue weighted by atomic mass is 35.5. The number of benzene rings is 2. The molecule has 0 saturated heterocycles. The zero-order valence-corrected chi connectivity index (χ0v) is 16.4. The monoisotopic (exact) mass is 398 g/mol. The number of ether oxygens (including phenoxy) is 1. The van der Waals surface area contributed by atoms with Crippen molar-refractivity contribution < 1.29 is 14.3 Å². The molecule has 0 aromatic heterocycles. The summed E-state index contributed by atoms with van der Waals surface area (Å²) in [6, 6.07) is 12.9. The molecule has 0 bridgehead atoms. The molecule has 1 N–H and O–H groups in total. The Morgan fingerprint density at radius 1 is 1.14 bits per heavy atom. The fraction of sp³-hybridized carbons (Fsp3) is 0.364. The summed E-state index contributed by atoms with van der Waals surface area (Å²) in [7, 11) is 0. The standard InChI is InChI=1S/C22H23ClN2O3/c23-17-8-4-5-15(11-17)13-25-19-12-18(9-10-20(19)28-14-21(25)26)24-22(27)16-6-2-1-3-7-16/h4-5,8-12,16H,1-3,6-7,13-14H2,(H,24,27). The predicted octanol–water partition coefficient (Wildman–Crippen LogP) is 4.78. The van der Waals surface area contributed by atoms with Crippen molar-refractivity contribution in [1.29, 1.82) is 0 Å². The first-order chi connectivity index (χ1) is 13.6. The third-order valence-corrected chi connectivity index (χ3v) is 5.61. The number of halogens is 1. The number of carbonyl (C=O) groups is 2. The van der Waals surface area contributed by atoms with Crippen LogP contribution in [0, 0.1) is 5.92 Å². The van der Waals surface area contributed by atoms with Gasteiger partial charge in [-0.2, -0.15) is 0 Å². The summed E-state index contributed by atoms with van der Waals surface area (Å²) in [5.74, 6) is 0.648. The van der Waals surface area contributed by atoms with Gasteiger partial charge in [-0.1, -0.05) is 43.0 Å². The van der Waals surface area contributed by atoms with E-state index in [0.29, 0.717) is 28.7 Å². The van der Waals surface area contributed by atoms with Crippen molar-refractivity contribution in [2.75, 3.05) is 16.8 Å². The summed E-state index contributed by atoms with van der Waals surface area (Å²) in [5.41, 5.74) is 2.28. The van der Waals surface area contributed by atoms with E-state index in [2.05, 4.69) is 5.32 Å². The molecule has 0 atom stereocenters. The first-order valence-corrected chi connectivity index (χ1v) is 10.1. The average Bonchev–Trinajstić information content (AvgIpc) is 2.71. The summed E-state index contributed by atoms with van der Waals surface area (Å²) in [6.07, 6.45) is 5.31. The zero-order chi connectivity index (χ0) is 19.5. The van der Waals surface area contributed by atoms with Crippen LogP contribution in [0.15, 0.2) is 42.5 Å². The van der Waals surface area contributed by atoms with Crippen LogP contribution in [0.3, 0.4) is 0 Å². The zero-order valence-electron chi connectivity index (χ0n) is 15.6. The molecule has 0 unspecified atom stereocenters. The van der Waals surface area contributed by atoms with Crippen molar-refractivity contribution >= 4 is 34.8 Å². The molecule has 1 aliphatic carbocycles. The number of hydrogen-bond acceptors (Lipinski definition) is 3. The average molecular weight is 399 g/mol. The Morgan fingerprint density at radius 2 is 1.96 bits per heavy atom. The van der Waals surface area contributed by atoms with Crippen LogP contribution in [0.4, 0.5) is 11.4 Å². The molecule has 0 spiro atoms. The van der Waals surface area contributed by atoms with Crippen molar-refractivity contribution in [3.8, 4) is 5.75 Å². The van der Waals surface area contributed by atoms with Gasteiger partial charge >= 0.3 is 0 Å². The van der Waals surface area contributed by atoms with Crippen LogP contribution in [0.5, 0.6) is 5.75 Å². The molecule has 1 aliphatic heterocycles. The highest BCUT2D eigenvalue weighted by Crippen LogP contribution is 2.36. The molecule has 0 radical (unpaired) electrons. The Bertz CT molecular complexity index is 893. The van der Waals surface area contributed by atoms with E-state index in [1.165, 1.54) is 6.42 Å². The molecule has 2 aromatic carbocycles. The highest BCUT2D eigenvalue weighted by Gasteiger charge is 2.27. The Balaban J connectivity index is 1.56. The maximum Gasteiger partial charge on any atom is 0.265 e. The van der Waals surface area contributed by atoms with Crippen LogP contribution in [0.2, 0.25) is 5.02 Å². The normalized spacial score (nSPS) is 17.0. The van der Waals surface area contributed by atoms with E-state index in [1.54, 1.807) is 11.0 Å². The molecule has 1 saturated carbocycles. The van der Waals surface area contributed by atoms with Gasteiger partial charge in [-0.3, -0.25) is 9.59 Å². The second-order valence-electron chi connectivity index (χ2n) is 7.41. The van der Waals surface area contributed by atoms with Crippen LogP contribution >= 0.6 is 11.6 Å². The van der Waals surface area contributed by atoms with Gasteiger partial charge in [0.1, 0.15) is 5.75 Å². The van der Waals surface area contributed by atoms with Gasteiger partial charge in [-0.15, -0.1) is 0 Å². The smallest absolute Gasteiger partial charge is 0.265 e. The number of nitrogens with one attached hydrogen (secondary N) is 1. The number of rotatable bonds is 4. The largest absolute Gasteiger partial charge is 0.482 e. The number of carbonyl (C=O) groups excluding carboxylic acids is 2. The minimum Gasteiger partial charge on any atom is -0.482 e. The van der Waals surface area contributed by atoms with E-state index in [0.717, 1.165) is 31.2 Å². The fourth-order valence-electron chi connectivity index (χ4n) is 3.88. The summed E-state index contributed by atoms with van der Waals surface area (Å²) < 4.78 is 5.57. The van der Waals surface area contributed by atoms with Crippen LogP contribution in [-0.2, 0) is 16.1 Å². The molecule has 2 amide bonds. The van der Waals surface area contributed by atoms with Gasteiger partial charge in [0.2, 0.25) is 5.91 Å². The lowest BCUT2D eigenvalue weighted by molar-refractivity contribution is -0.121. The lowest BCUT2D eigenvalue weighted by Gasteiger charge is -2.30. The molecule has 2 aromatic rings. The maximum absolute atomic E-state index is 12.6. The highest BCUT2D eigenvalue weighted by molar-refractivity contribution is 6.30. The number of amides is 2. The number of hydrogen-bond donors (Lipinski definition) is 1. The Labute approximate surface area is 169 Å². The molecule has 6 heteroatoms. The van der Waals surface area contributed by atoms with E-state index < -0.39 is 0 Å². The number of nitrogens with zero attached hydrogens (tertiary/aromatic N) is 1. The quantitative estimate of drug-likeness (QED) is 0.805. The predicted molar refractivity (Wildman–Crippen MR) is 110 cm³/mol. The first kappa shape index (κ1) is 18.8. The molecule has 28 heavy (non-hydrogen) atoms. The van der Waals surface area contributed by atoms with Crippen LogP contribution in [-0.4, -0.2) is 18.4 Å². The SMILES string of the molecule is O=C(Nc1ccc2c(c1)N(Cc1cccc(Cl)c1)C(=O)CO2)C1CCCCC1. The molecule has 4 rings (SSSR count). The van der Waals surface area contributed by atoms with Gasteiger partial charge in [0.15, 0.2) is 6.61 Å². The van der Waals surface area contributed by atoms with Gasteiger partial charge in [0, 0.05) is 16.6 Å². The molecule has 146 valence electrons. The van der Waals surface area contributed by atoms with Gasteiger partial charge < -0.3 is 15.0 Å². The van der Waals surface area contributed by atoms with Gasteiger partial charge in [-0.05, 0) is 48.7 Å². The lowest BCUT2D eigenvalue weighted by atomic mass is 9.88. The van der Waals surface area contributed by atoms with E-state index >= 15 is 0 Å². The van der Waals surface area contributed by atoms with E-state index in [9.17, 15) is 9.59 Å². The molecular formula is C22H23ClN2O3.